The Balaban J connectivity index is 1.71. The second-order valence-electron chi connectivity index (χ2n) is 7.47. The number of rotatable bonds is 10. The number of nitrogens with one attached hydrogen (secondary N) is 2. The molecule has 3 aromatic rings. The minimum Gasteiger partial charge on any atom is -0.497 e. The molecular formula is C25H28N2O6S. The van der Waals surface area contributed by atoms with Crippen LogP contribution in [0.4, 0.5) is 11.4 Å². The third-order valence-electron chi connectivity index (χ3n) is 5.11. The van der Waals surface area contributed by atoms with E-state index in [1.165, 1.54) is 44.6 Å². The predicted molar refractivity (Wildman–Crippen MR) is 131 cm³/mol. The molecule has 0 radical (unpaired) electrons. The van der Waals surface area contributed by atoms with Crippen LogP contribution in [0.25, 0.3) is 0 Å². The maximum absolute atomic E-state index is 12.9. The van der Waals surface area contributed by atoms with Crippen molar-refractivity contribution in [2.75, 3.05) is 24.3 Å². The third kappa shape index (κ3) is 5.99. The number of anilines is 2. The van der Waals surface area contributed by atoms with E-state index >= 15 is 0 Å². The Labute approximate surface area is 199 Å². The number of hydrogen-bond donors (Lipinski definition) is 2. The summed E-state index contributed by atoms with van der Waals surface area (Å²) in [7, 11) is -0.969. The van der Waals surface area contributed by atoms with Crippen LogP contribution in [0.5, 0.6) is 17.2 Å². The zero-order valence-electron chi connectivity index (χ0n) is 19.5. The summed E-state index contributed by atoms with van der Waals surface area (Å²) in [5, 5.41) is 2.78. The molecule has 180 valence electrons. The van der Waals surface area contributed by atoms with E-state index in [0.717, 1.165) is 5.56 Å². The molecule has 0 bridgehead atoms. The molecule has 0 spiro atoms. The highest BCUT2D eigenvalue weighted by Gasteiger charge is 2.21. The predicted octanol–water partition coefficient (Wildman–Crippen LogP) is 4.61. The van der Waals surface area contributed by atoms with E-state index in [1.807, 2.05) is 38.1 Å². The highest BCUT2D eigenvalue weighted by atomic mass is 32.2. The summed E-state index contributed by atoms with van der Waals surface area (Å²) in [5.41, 5.74) is 1.64. The van der Waals surface area contributed by atoms with Crippen molar-refractivity contribution in [3.05, 3.63) is 72.3 Å². The Kier molecular flexibility index (Phi) is 8.01. The first-order valence-electron chi connectivity index (χ1n) is 10.7. The molecule has 0 aromatic heterocycles. The van der Waals surface area contributed by atoms with Crippen LogP contribution in [0.15, 0.2) is 71.6 Å². The molecule has 34 heavy (non-hydrogen) atoms. The molecule has 3 rings (SSSR count). The number of carbonyl (C=O) groups is 1. The Morgan fingerprint density at radius 3 is 2.26 bits per heavy atom. The van der Waals surface area contributed by atoms with Crippen molar-refractivity contribution in [2.24, 2.45) is 0 Å². The van der Waals surface area contributed by atoms with E-state index < -0.39 is 16.1 Å². The van der Waals surface area contributed by atoms with Crippen LogP contribution in [0.3, 0.4) is 0 Å². The minimum atomic E-state index is -3.91. The van der Waals surface area contributed by atoms with Gasteiger partial charge in [0, 0.05) is 11.8 Å². The smallest absolute Gasteiger partial charge is 0.265 e. The zero-order valence-corrected chi connectivity index (χ0v) is 20.3. The molecule has 0 saturated carbocycles. The molecule has 0 saturated heterocycles. The molecule has 3 aromatic carbocycles. The van der Waals surface area contributed by atoms with Crippen LogP contribution in [0, 0.1) is 6.92 Å². The van der Waals surface area contributed by atoms with Crippen molar-refractivity contribution in [3.63, 3.8) is 0 Å². The van der Waals surface area contributed by atoms with Gasteiger partial charge in [-0.1, -0.05) is 25.1 Å². The lowest BCUT2D eigenvalue weighted by atomic mass is 10.2. The molecule has 9 heteroatoms. The Morgan fingerprint density at radius 2 is 1.65 bits per heavy atom. The van der Waals surface area contributed by atoms with Crippen LogP contribution < -0.4 is 24.2 Å². The fraction of sp³-hybridized carbons (Fsp3) is 0.240. The first-order chi connectivity index (χ1) is 16.3. The lowest BCUT2D eigenvalue weighted by molar-refractivity contribution is -0.122. The molecule has 0 fully saturated rings. The van der Waals surface area contributed by atoms with Crippen LogP contribution >= 0.6 is 0 Å². The van der Waals surface area contributed by atoms with Crippen molar-refractivity contribution < 1.29 is 27.4 Å². The highest BCUT2D eigenvalue weighted by molar-refractivity contribution is 7.92. The summed E-state index contributed by atoms with van der Waals surface area (Å²) in [6.07, 6.45) is -0.217. The minimum absolute atomic E-state index is 0.0265. The molecule has 8 nitrogen and oxygen atoms in total. The number of benzene rings is 3. The molecule has 1 amide bonds. The summed E-state index contributed by atoms with van der Waals surface area (Å²) in [6, 6.07) is 18.2. The number of methoxy groups -OCH3 is 2. The number of para-hydroxylation sites is 1. The van der Waals surface area contributed by atoms with Gasteiger partial charge in [0.2, 0.25) is 0 Å². The van der Waals surface area contributed by atoms with Gasteiger partial charge in [-0.05, 0) is 61.4 Å². The Morgan fingerprint density at radius 1 is 0.941 bits per heavy atom. The highest BCUT2D eigenvalue weighted by Crippen LogP contribution is 2.31. The van der Waals surface area contributed by atoms with E-state index in [1.54, 1.807) is 12.1 Å². The van der Waals surface area contributed by atoms with Crippen molar-refractivity contribution in [2.45, 2.75) is 31.3 Å². The second-order valence-corrected chi connectivity index (χ2v) is 9.15. The third-order valence-corrected chi connectivity index (χ3v) is 6.49. The van der Waals surface area contributed by atoms with Gasteiger partial charge >= 0.3 is 0 Å². The van der Waals surface area contributed by atoms with Crippen molar-refractivity contribution in [3.8, 4) is 17.2 Å². The number of hydrogen-bond acceptors (Lipinski definition) is 6. The average Bonchev–Trinajstić information content (AvgIpc) is 2.83. The topological polar surface area (TPSA) is 103 Å². The molecule has 2 N–H and O–H groups in total. The number of ether oxygens (including phenoxy) is 3. The quantitative estimate of drug-likeness (QED) is 0.436. The molecule has 1 unspecified atom stereocenters. The standard InChI is InChI=1S/C25H28N2O6S/c1-5-22(33-23-9-7-6-8-17(23)2)25(28)26-18-10-13-20(14-11-18)34(29,30)27-21-16-19(31-3)12-15-24(21)32-4/h6-16,22,27H,5H2,1-4H3,(H,26,28). The number of sulfonamides is 1. The van der Waals surface area contributed by atoms with Crippen LogP contribution in [-0.2, 0) is 14.8 Å². The van der Waals surface area contributed by atoms with E-state index in [-0.39, 0.29) is 16.5 Å². The van der Waals surface area contributed by atoms with Gasteiger partial charge in [0.1, 0.15) is 17.2 Å². The van der Waals surface area contributed by atoms with Crippen LogP contribution in [0.1, 0.15) is 18.9 Å². The van der Waals surface area contributed by atoms with E-state index in [9.17, 15) is 13.2 Å². The summed E-state index contributed by atoms with van der Waals surface area (Å²) in [6.45, 7) is 3.77. The zero-order chi connectivity index (χ0) is 24.7. The number of carbonyl (C=O) groups excluding carboxylic acids is 1. The van der Waals surface area contributed by atoms with Crippen molar-refractivity contribution in [1.29, 1.82) is 0 Å². The SMILES string of the molecule is CCC(Oc1ccccc1C)C(=O)Nc1ccc(S(=O)(=O)Nc2cc(OC)ccc2OC)cc1. The lowest BCUT2D eigenvalue weighted by Gasteiger charge is -2.18. The van der Waals surface area contributed by atoms with Crippen molar-refractivity contribution in [1.82, 2.24) is 0 Å². The number of aryl methyl sites for hydroxylation is 1. The summed E-state index contributed by atoms with van der Waals surface area (Å²) in [5.74, 6) is 1.16. The largest absolute Gasteiger partial charge is 0.497 e. The van der Waals surface area contributed by atoms with Gasteiger partial charge < -0.3 is 19.5 Å². The first kappa shape index (κ1) is 24.9. The summed E-state index contributed by atoms with van der Waals surface area (Å²) < 4.78 is 44.5. The van der Waals surface area contributed by atoms with E-state index in [2.05, 4.69) is 10.0 Å². The van der Waals surface area contributed by atoms with Gasteiger partial charge in [0.25, 0.3) is 15.9 Å². The second kappa shape index (κ2) is 10.9. The van der Waals surface area contributed by atoms with Gasteiger partial charge in [0.05, 0.1) is 24.8 Å². The van der Waals surface area contributed by atoms with E-state index in [0.29, 0.717) is 29.4 Å². The average molecular weight is 485 g/mol. The number of amides is 1. The summed E-state index contributed by atoms with van der Waals surface area (Å²) in [4.78, 5) is 12.7. The monoisotopic (exact) mass is 484 g/mol. The Hall–Kier alpha value is -3.72. The molecule has 1 atom stereocenters. The molecule has 0 aliphatic carbocycles. The molecular weight excluding hydrogens is 456 g/mol. The van der Waals surface area contributed by atoms with Gasteiger partial charge in [-0.2, -0.15) is 0 Å². The van der Waals surface area contributed by atoms with Gasteiger partial charge in [-0.15, -0.1) is 0 Å². The first-order valence-corrected chi connectivity index (χ1v) is 12.1. The fourth-order valence-corrected chi connectivity index (χ4v) is 4.26. The summed E-state index contributed by atoms with van der Waals surface area (Å²) >= 11 is 0. The molecule has 0 aliphatic rings. The normalized spacial score (nSPS) is 11.9. The van der Waals surface area contributed by atoms with Crippen LogP contribution in [0.2, 0.25) is 0 Å². The Bertz CT molecular complexity index is 1240. The van der Waals surface area contributed by atoms with E-state index in [4.69, 9.17) is 14.2 Å². The fourth-order valence-electron chi connectivity index (χ4n) is 3.20. The maximum Gasteiger partial charge on any atom is 0.265 e. The van der Waals surface area contributed by atoms with Gasteiger partial charge in [0.15, 0.2) is 6.10 Å². The maximum atomic E-state index is 12.9. The van der Waals surface area contributed by atoms with Gasteiger partial charge in [-0.3, -0.25) is 9.52 Å². The molecule has 0 aliphatic heterocycles. The van der Waals surface area contributed by atoms with Crippen molar-refractivity contribution >= 4 is 27.3 Å². The van der Waals surface area contributed by atoms with Gasteiger partial charge in [-0.25, -0.2) is 8.42 Å². The van der Waals surface area contributed by atoms with Crippen LogP contribution in [-0.4, -0.2) is 34.6 Å². The molecule has 0 heterocycles. The lowest BCUT2D eigenvalue weighted by Crippen LogP contribution is -2.32.